The molecule has 1 unspecified atom stereocenters. The number of aryl methyl sites for hydroxylation is 1. The van der Waals surface area contributed by atoms with Crippen LogP contribution in [0.15, 0.2) is 40.2 Å². The Morgan fingerprint density at radius 1 is 1.24 bits per heavy atom. The molecule has 0 saturated carbocycles. The highest BCUT2D eigenvalue weighted by Gasteiger charge is 2.15. The van der Waals surface area contributed by atoms with E-state index in [-0.39, 0.29) is 0 Å². The van der Waals surface area contributed by atoms with Crippen molar-refractivity contribution in [3.63, 3.8) is 0 Å². The molecule has 1 aromatic heterocycles. The van der Waals surface area contributed by atoms with Gasteiger partial charge in [0.25, 0.3) is 0 Å². The first-order valence-electron chi connectivity index (χ1n) is 5.75. The lowest BCUT2D eigenvalue weighted by Crippen LogP contribution is -2.21. The monoisotopic (exact) mass is 309 g/mol. The molecule has 2 rings (SSSR count). The summed E-state index contributed by atoms with van der Waals surface area (Å²) in [5.41, 5.74) is 2.68. The predicted molar refractivity (Wildman–Crippen MR) is 78.7 cm³/mol. The molecule has 0 radical (unpaired) electrons. The number of hydrogen-bond acceptors (Lipinski definition) is 2. The van der Waals surface area contributed by atoms with E-state index in [4.69, 9.17) is 0 Å². The fourth-order valence-electron chi connectivity index (χ4n) is 1.90. The molecular weight excluding hydrogens is 294 g/mol. The van der Waals surface area contributed by atoms with Gasteiger partial charge in [-0.15, -0.1) is 11.3 Å². The molecule has 90 valence electrons. The van der Waals surface area contributed by atoms with Crippen LogP contribution in [0.4, 0.5) is 0 Å². The second-order valence-electron chi connectivity index (χ2n) is 4.01. The summed E-state index contributed by atoms with van der Waals surface area (Å²) < 4.78 is 1.12. The van der Waals surface area contributed by atoms with Crippen molar-refractivity contribution in [3.05, 3.63) is 56.2 Å². The van der Waals surface area contributed by atoms with E-state index in [1.54, 1.807) is 0 Å². The molecule has 2 aromatic rings. The summed E-state index contributed by atoms with van der Waals surface area (Å²) >= 11 is 5.30. The number of benzene rings is 1. The summed E-state index contributed by atoms with van der Waals surface area (Å²) in [7, 11) is 0. The van der Waals surface area contributed by atoms with E-state index < -0.39 is 0 Å². The van der Waals surface area contributed by atoms with Gasteiger partial charge in [0.15, 0.2) is 0 Å². The van der Waals surface area contributed by atoms with Crippen LogP contribution in [-0.2, 0) is 0 Å². The van der Waals surface area contributed by atoms with Crippen LogP contribution in [0.1, 0.15) is 29.0 Å². The van der Waals surface area contributed by atoms with Gasteiger partial charge in [0.1, 0.15) is 0 Å². The lowest BCUT2D eigenvalue weighted by atomic mass is 10.0. The Morgan fingerprint density at radius 2 is 1.94 bits per heavy atom. The third kappa shape index (κ3) is 2.97. The molecular formula is C14H16BrNS. The van der Waals surface area contributed by atoms with Gasteiger partial charge < -0.3 is 5.32 Å². The molecule has 1 heterocycles. The zero-order chi connectivity index (χ0) is 12.3. The second kappa shape index (κ2) is 5.80. The lowest BCUT2D eigenvalue weighted by molar-refractivity contribution is 0.637. The zero-order valence-electron chi connectivity index (χ0n) is 10.0. The minimum atomic E-state index is 0.313. The molecule has 0 saturated heterocycles. The molecule has 1 atom stereocenters. The molecule has 0 aliphatic carbocycles. The first kappa shape index (κ1) is 12.8. The third-order valence-corrected chi connectivity index (χ3v) is 4.39. The first-order valence-corrected chi connectivity index (χ1v) is 7.42. The molecule has 1 N–H and O–H groups in total. The normalized spacial score (nSPS) is 12.6. The smallest absolute Gasteiger partial charge is 0.0673 e. The van der Waals surface area contributed by atoms with Gasteiger partial charge in [0.05, 0.1) is 6.04 Å². The van der Waals surface area contributed by atoms with Crippen LogP contribution in [0, 0.1) is 6.92 Å². The van der Waals surface area contributed by atoms with Crippen molar-refractivity contribution in [2.45, 2.75) is 19.9 Å². The van der Waals surface area contributed by atoms with Crippen LogP contribution in [0.3, 0.4) is 0 Å². The number of thiophene rings is 1. The van der Waals surface area contributed by atoms with E-state index in [1.165, 1.54) is 16.0 Å². The largest absolute Gasteiger partial charge is 0.306 e. The Morgan fingerprint density at radius 3 is 2.47 bits per heavy atom. The van der Waals surface area contributed by atoms with Gasteiger partial charge in [-0.05, 0) is 48.2 Å². The Bertz CT molecular complexity index is 475. The zero-order valence-corrected chi connectivity index (χ0v) is 12.4. The first-order chi connectivity index (χ1) is 8.22. The quantitative estimate of drug-likeness (QED) is 0.875. The highest BCUT2D eigenvalue weighted by molar-refractivity contribution is 9.10. The van der Waals surface area contributed by atoms with Crippen LogP contribution in [0.5, 0.6) is 0 Å². The van der Waals surface area contributed by atoms with Gasteiger partial charge in [0.2, 0.25) is 0 Å². The Labute approximate surface area is 115 Å². The van der Waals surface area contributed by atoms with Crippen molar-refractivity contribution in [2.24, 2.45) is 0 Å². The molecule has 3 heteroatoms. The third-order valence-electron chi connectivity index (χ3n) is 2.78. The summed E-state index contributed by atoms with van der Waals surface area (Å²) in [6.07, 6.45) is 0. The second-order valence-corrected chi connectivity index (χ2v) is 5.87. The number of nitrogens with one attached hydrogen (secondary N) is 1. The topological polar surface area (TPSA) is 12.0 Å². The fraction of sp³-hybridized carbons (Fsp3) is 0.286. The predicted octanol–water partition coefficient (Wildman–Crippen LogP) is 4.52. The van der Waals surface area contributed by atoms with Gasteiger partial charge in [-0.1, -0.05) is 35.0 Å². The van der Waals surface area contributed by atoms with E-state index in [1.807, 2.05) is 11.3 Å². The number of hydrogen-bond donors (Lipinski definition) is 1. The van der Waals surface area contributed by atoms with Crippen LogP contribution in [0.2, 0.25) is 0 Å². The molecule has 0 spiro atoms. The van der Waals surface area contributed by atoms with Crippen molar-refractivity contribution < 1.29 is 0 Å². The molecule has 0 amide bonds. The van der Waals surface area contributed by atoms with E-state index in [0.717, 1.165) is 11.0 Å². The maximum atomic E-state index is 3.56. The molecule has 0 bridgehead atoms. The van der Waals surface area contributed by atoms with Crippen LogP contribution in [0.25, 0.3) is 0 Å². The number of rotatable bonds is 4. The van der Waals surface area contributed by atoms with Gasteiger partial charge in [-0.3, -0.25) is 0 Å². The Balaban J connectivity index is 2.35. The minimum Gasteiger partial charge on any atom is -0.306 e. The van der Waals surface area contributed by atoms with Crippen molar-refractivity contribution in [1.82, 2.24) is 5.32 Å². The number of halogens is 1. The van der Waals surface area contributed by atoms with Gasteiger partial charge in [0, 0.05) is 9.35 Å². The summed E-state index contributed by atoms with van der Waals surface area (Å²) in [6, 6.07) is 11.1. The van der Waals surface area contributed by atoms with Gasteiger partial charge >= 0.3 is 0 Å². The van der Waals surface area contributed by atoms with Crippen molar-refractivity contribution >= 4 is 27.3 Å². The average Bonchev–Trinajstić information content (AvgIpc) is 2.74. The fourth-order valence-corrected chi connectivity index (χ4v) is 3.19. The molecule has 1 aromatic carbocycles. The van der Waals surface area contributed by atoms with Crippen molar-refractivity contribution in [2.75, 3.05) is 6.54 Å². The molecule has 0 aliphatic heterocycles. The highest BCUT2D eigenvalue weighted by atomic mass is 79.9. The van der Waals surface area contributed by atoms with Crippen LogP contribution >= 0.6 is 27.3 Å². The SMILES string of the molecule is CCNC(c1ccc(Br)cc1)c1sccc1C. The Kier molecular flexibility index (Phi) is 4.37. The Hall–Kier alpha value is -0.640. The van der Waals surface area contributed by atoms with E-state index in [9.17, 15) is 0 Å². The lowest BCUT2D eigenvalue weighted by Gasteiger charge is -2.18. The summed E-state index contributed by atoms with van der Waals surface area (Å²) in [4.78, 5) is 1.41. The van der Waals surface area contributed by atoms with E-state index >= 15 is 0 Å². The van der Waals surface area contributed by atoms with Crippen molar-refractivity contribution in [1.29, 1.82) is 0 Å². The summed E-state index contributed by atoms with van der Waals surface area (Å²) in [5.74, 6) is 0. The van der Waals surface area contributed by atoms with Crippen LogP contribution < -0.4 is 5.32 Å². The average molecular weight is 310 g/mol. The molecule has 0 aliphatic rings. The standard InChI is InChI=1S/C14H16BrNS/c1-3-16-13(14-10(2)8-9-17-14)11-4-6-12(15)7-5-11/h4-9,13,16H,3H2,1-2H3. The van der Waals surface area contributed by atoms with Crippen molar-refractivity contribution in [3.8, 4) is 0 Å². The van der Waals surface area contributed by atoms with Gasteiger partial charge in [-0.2, -0.15) is 0 Å². The molecule has 1 nitrogen and oxygen atoms in total. The highest BCUT2D eigenvalue weighted by Crippen LogP contribution is 2.29. The molecule has 0 fully saturated rings. The van der Waals surface area contributed by atoms with E-state index in [0.29, 0.717) is 6.04 Å². The minimum absolute atomic E-state index is 0.313. The maximum absolute atomic E-state index is 3.56. The molecule has 17 heavy (non-hydrogen) atoms. The van der Waals surface area contributed by atoms with Crippen LogP contribution in [-0.4, -0.2) is 6.54 Å². The maximum Gasteiger partial charge on any atom is 0.0673 e. The van der Waals surface area contributed by atoms with Gasteiger partial charge in [-0.25, -0.2) is 0 Å². The van der Waals surface area contributed by atoms with E-state index in [2.05, 4.69) is 70.8 Å². The summed E-state index contributed by atoms with van der Waals surface area (Å²) in [5, 5.41) is 5.72. The summed E-state index contributed by atoms with van der Waals surface area (Å²) in [6.45, 7) is 5.29.